The Morgan fingerprint density at radius 3 is 1.28 bits per heavy atom. The van der Waals surface area contributed by atoms with Crippen LogP contribution in [-0.4, -0.2) is 24.6 Å². The van der Waals surface area contributed by atoms with Gasteiger partial charge in [0.25, 0.3) is 0 Å². The second kappa shape index (κ2) is 6.88. The van der Waals surface area contributed by atoms with Crippen LogP contribution in [0.2, 0.25) is 0 Å². The van der Waals surface area contributed by atoms with Crippen molar-refractivity contribution in [2.24, 2.45) is 0 Å². The summed E-state index contributed by atoms with van der Waals surface area (Å²) in [6.45, 7) is 0. The lowest BCUT2D eigenvalue weighted by Crippen LogP contribution is -2.33. The Labute approximate surface area is 107 Å². The summed E-state index contributed by atoms with van der Waals surface area (Å²) >= 11 is 0. The SMILES string of the molecule is C[N+](C)(c1ccccc1)c1ccccc1.OOO. The van der Waals surface area contributed by atoms with Crippen LogP contribution >= 0.6 is 0 Å². The maximum Gasteiger partial charge on any atom is 0.137 e. The zero-order chi connectivity index (χ0) is 13.4. The fourth-order valence-electron chi connectivity index (χ4n) is 1.75. The second-order valence-corrected chi connectivity index (χ2v) is 4.21. The van der Waals surface area contributed by atoms with E-state index in [2.05, 4.69) is 79.8 Å². The van der Waals surface area contributed by atoms with E-state index in [1.54, 1.807) is 0 Å². The number of rotatable bonds is 2. The van der Waals surface area contributed by atoms with Crippen LogP contribution in [0, 0.1) is 0 Å². The molecule has 0 radical (unpaired) electrons. The largest absolute Gasteiger partial charge is 0.264 e. The number of para-hydroxylation sites is 2. The van der Waals surface area contributed by atoms with Crippen molar-refractivity contribution in [1.29, 1.82) is 0 Å². The summed E-state index contributed by atoms with van der Waals surface area (Å²) in [5.74, 6) is 0. The van der Waals surface area contributed by atoms with Crippen LogP contribution in [0.25, 0.3) is 0 Å². The molecule has 0 bridgehead atoms. The summed E-state index contributed by atoms with van der Waals surface area (Å²) in [7, 11) is 4.40. The van der Waals surface area contributed by atoms with Gasteiger partial charge < -0.3 is 0 Å². The summed E-state index contributed by atoms with van der Waals surface area (Å²) < 4.78 is 0.779. The fourth-order valence-corrected chi connectivity index (χ4v) is 1.75. The third kappa shape index (κ3) is 3.65. The van der Waals surface area contributed by atoms with Crippen molar-refractivity contribution in [2.45, 2.75) is 0 Å². The molecule has 0 aliphatic heterocycles. The Kier molecular flexibility index (Phi) is 5.48. The lowest BCUT2D eigenvalue weighted by Gasteiger charge is -2.28. The number of quaternary nitrogens is 1. The summed E-state index contributed by atoms with van der Waals surface area (Å²) in [4.78, 5) is 0. The molecule has 0 saturated carbocycles. The molecule has 0 unspecified atom stereocenters. The summed E-state index contributed by atoms with van der Waals surface area (Å²) in [6, 6.07) is 21.1. The number of nitrogens with zero attached hydrogens (tertiary/aromatic N) is 1. The minimum atomic E-state index is 0.779. The molecule has 0 fully saturated rings. The van der Waals surface area contributed by atoms with E-state index < -0.39 is 0 Å². The Balaban J connectivity index is 0.000000492. The average molecular weight is 248 g/mol. The van der Waals surface area contributed by atoms with Crippen LogP contribution in [0.3, 0.4) is 0 Å². The molecule has 0 aromatic heterocycles. The van der Waals surface area contributed by atoms with Gasteiger partial charge in [-0.2, -0.15) is 0 Å². The van der Waals surface area contributed by atoms with Crippen molar-refractivity contribution < 1.29 is 15.6 Å². The highest BCUT2D eigenvalue weighted by Gasteiger charge is 2.20. The molecular weight excluding hydrogens is 230 g/mol. The molecule has 2 rings (SSSR count). The molecule has 4 heteroatoms. The summed E-state index contributed by atoms with van der Waals surface area (Å²) in [5, 5.41) is 15.5. The summed E-state index contributed by atoms with van der Waals surface area (Å²) in [5.41, 5.74) is 2.59. The molecule has 0 saturated heterocycles. The van der Waals surface area contributed by atoms with E-state index >= 15 is 0 Å². The molecule has 96 valence electrons. The van der Waals surface area contributed by atoms with Gasteiger partial charge in [-0.25, -0.2) is 10.5 Å². The van der Waals surface area contributed by atoms with Gasteiger partial charge in [-0.05, 0) is 24.3 Å². The standard InChI is InChI=1S/C14H16N.H2O3/c1-15(2,13-9-5-3-6-10-13)14-11-7-4-8-12-14;1-3-2/h3-12H,1-2H3;1-2H/q+1;. The third-order valence-corrected chi connectivity index (χ3v) is 2.80. The average Bonchev–Trinajstić information content (AvgIpc) is 2.42. The first-order valence-electron chi connectivity index (χ1n) is 5.53. The van der Waals surface area contributed by atoms with Crippen molar-refractivity contribution in [3.8, 4) is 0 Å². The van der Waals surface area contributed by atoms with Gasteiger partial charge in [-0.3, -0.25) is 4.48 Å². The monoisotopic (exact) mass is 248 g/mol. The van der Waals surface area contributed by atoms with E-state index in [9.17, 15) is 0 Å². The highest BCUT2D eigenvalue weighted by Crippen LogP contribution is 2.29. The van der Waals surface area contributed by atoms with Crippen molar-refractivity contribution in [3.05, 3.63) is 60.7 Å². The highest BCUT2D eigenvalue weighted by atomic mass is 17.4. The predicted molar refractivity (Wildman–Crippen MR) is 72.5 cm³/mol. The lowest BCUT2D eigenvalue weighted by molar-refractivity contribution is -0.465. The molecule has 2 N–H and O–H groups in total. The van der Waals surface area contributed by atoms with Gasteiger partial charge in [-0.15, -0.1) is 0 Å². The topological polar surface area (TPSA) is 49.7 Å². The number of hydrogen-bond donors (Lipinski definition) is 2. The van der Waals surface area contributed by atoms with Gasteiger partial charge in [0.1, 0.15) is 11.4 Å². The van der Waals surface area contributed by atoms with Crippen LogP contribution in [0.15, 0.2) is 60.7 Å². The molecule has 2 aromatic rings. The van der Waals surface area contributed by atoms with Crippen molar-refractivity contribution >= 4 is 11.4 Å². The molecular formula is C14H18NO3+. The van der Waals surface area contributed by atoms with E-state index in [4.69, 9.17) is 10.5 Å². The van der Waals surface area contributed by atoms with Crippen LogP contribution < -0.4 is 4.48 Å². The lowest BCUT2D eigenvalue weighted by atomic mass is 10.2. The zero-order valence-electron chi connectivity index (χ0n) is 10.5. The van der Waals surface area contributed by atoms with Crippen molar-refractivity contribution in [2.75, 3.05) is 14.1 Å². The van der Waals surface area contributed by atoms with Gasteiger partial charge in [0, 0.05) is 0 Å². The van der Waals surface area contributed by atoms with E-state index in [-0.39, 0.29) is 0 Å². The van der Waals surface area contributed by atoms with Crippen LogP contribution in [-0.2, 0) is 5.04 Å². The van der Waals surface area contributed by atoms with E-state index in [1.807, 2.05) is 0 Å². The molecule has 0 aliphatic rings. The van der Waals surface area contributed by atoms with E-state index in [1.165, 1.54) is 11.4 Å². The van der Waals surface area contributed by atoms with Gasteiger partial charge >= 0.3 is 0 Å². The molecule has 0 heterocycles. The molecule has 0 spiro atoms. The van der Waals surface area contributed by atoms with Gasteiger partial charge in [-0.1, -0.05) is 41.4 Å². The fraction of sp³-hybridized carbons (Fsp3) is 0.143. The quantitative estimate of drug-likeness (QED) is 0.485. The Morgan fingerprint density at radius 2 is 1.00 bits per heavy atom. The molecule has 4 nitrogen and oxygen atoms in total. The van der Waals surface area contributed by atoms with Gasteiger partial charge in [0.15, 0.2) is 0 Å². The third-order valence-electron chi connectivity index (χ3n) is 2.80. The first kappa shape index (κ1) is 14.3. The first-order chi connectivity index (χ1) is 8.62. The Bertz CT molecular complexity index is 402. The summed E-state index contributed by atoms with van der Waals surface area (Å²) in [6.07, 6.45) is 0. The zero-order valence-corrected chi connectivity index (χ0v) is 10.5. The number of hydrogen-bond acceptors (Lipinski definition) is 3. The predicted octanol–water partition coefficient (Wildman–Crippen LogP) is 3.53. The Hall–Kier alpha value is -1.72. The highest BCUT2D eigenvalue weighted by molar-refractivity contribution is 5.56. The van der Waals surface area contributed by atoms with Crippen LogP contribution in [0.5, 0.6) is 0 Å². The number of benzene rings is 2. The molecule has 0 amide bonds. The second-order valence-electron chi connectivity index (χ2n) is 4.21. The normalized spacial score (nSPS) is 10.4. The minimum absolute atomic E-state index is 0.779. The maximum atomic E-state index is 6.62. The Morgan fingerprint density at radius 1 is 0.722 bits per heavy atom. The maximum absolute atomic E-state index is 6.62. The molecule has 2 aromatic carbocycles. The van der Waals surface area contributed by atoms with Gasteiger partial charge in [0.05, 0.1) is 14.1 Å². The van der Waals surface area contributed by atoms with E-state index in [0.717, 1.165) is 4.48 Å². The molecule has 0 aliphatic carbocycles. The van der Waals surface area contributed by atoms with E-state index in [0.29, 0.717) is 0 Å². The van der Waals surface area contributed by atoms with Crippen molar-refractivity contribution in [3.63, 3.8) is 0 Å². The molecule has 0 atom stereocenters. The van der Waals surface area contributed by atoms with Gasteiger partial charge in [0.2, 0.25) is 0 Å². The first-order valence-corrected chi connectivity index (χ1v) is 5.53. The smallest absolute Gasteiger partial charge is 0.137 e. The molecule has 18 heavy (non-hydrogen) atoms. The van der Waals surface area contributed by atoms with Crippen LogP contribution in [0.4, 0.5) is 11.4 Å². The van der Waals surface area contributed by atoms with Crippen molar-refractivity contribution in [1.82, 2.24) is 4.48 Å². The minimum Gasteiger partial charge on any atom is -0.264 e. The van der Waals surface area contributed by atoms with Crippen LogP contribution in [0.1, 0.15) is 0 Å².